The third-order valence-corrected chi connectivity index (χ3v) is 3.88. The van der Waals surface area contributed by atoms with Gasteiger partial charge in [0.2, 0.25) is 0 Å². The van der Waals surface area contributed by atoms with Gasteiger partial charge in [0.05, 0.1) is 19.9 Å². The summed E-state index contributed by atoms with van der Waals surface area (Å²) in [4.78, 5) is 0. The Morgan fingerprint density at radius 1 is 1.18 bits per heavy atom. The van der Waals surface area contributed by atoms with Crippen LogP contribution in [-0.4, -0.2) is 38.2 Å². The molecule has 0 amide bonds. The van der Waals surface area contributed by atoms with Crippen molar-refractivity contribution in [2.24, 2.45) is 5.10 Å². The second-order valence-electron chi connectivity index (χ2n) is 6.03. The number of nitrogens with zero attached hydrogens (tertiary/aromatic N) is 1. The van der Waals surface area contributed by atoms with Crippen LogP contribution in [0.15, 0.2) is 47.6 Å². The Morgan fingerprint density at radius 2 is 1.93 bits per heavy atom. The van der Waals surface area contributed by atoms with Gasteiger partial charge in [0.1, 0.15) is 12.4 Å². The average molecular weight is 405 g/mol. The zero-order valence-electron chi connectivity index (χ0n) is 16.1. The molecule has 0 spiro atoms. The van der Waals surface area contributed by atoms with E-state index in [1.54, 1.807) is 44.7 Å². The molecule has 1 atom stereocenters. The fourth-order valence-electron chi connectivity index (χ4n) is 2.34. The molecule has 6 nitrogen and oxygen atoms in total. The van der Waals surface area contributed by atoms with Crippen LogP contribution in [0.1, 0.15) is 18.1 Å². The summed E-state index contributed by atoms with van der Waals surface area (Å²) in [6.45, 7) is 2.81. The number of benzene rings is 2. The molecule has 2 aromatic carbocycles. The maximum Gasteiger partial charge on any atom is 0.187 e. The molecule has 2 N–H and O–H groups in total. The number of hydrazone groups is 1. The Bertz CT molecular complexity index is 800. The van der Waals surface area contributed by atoms with E-state index in [2.05, 4.69) is 15.8 Å². The van der Waals surface area contributed by atoms with Gasteiger partial charge >= 0.3 is 0 Å². The second kappa shape index (κ2) is 11.2. The van der Waals surface area contributed by atoms with Gasteiger partial charge in [-0.15, -0.1) is 0 Å². The lowest BCUT2D eigenvalue weighted by Crippen LogP contribution is -2.40. The molecule has 0 heterocycles. The van der Waals surface area contributed by atoms with E-state index in [-0.39, 0.29) is 11.9 Å². The monoisotopic (exact) mass is 405 g/mol. The van der Waals surface area contributed by atoms with Crippen LogP contribution in [0.3, 0.4) is 0 Å². The summed E-state index contributed by atoms with van der Waals surface area (Å²) in [6.07, 6.45) is 1.63. The molecule has 0 saturated heterocycles. The molecule has 0 aliphatic rings. The summed E-state index contributed by atoms with van der Waals surface area (Å²) < 4.78 is 29.2. The number of methoxy groups -OCH3 is 2. The molecular weight excluding hydrogens is 381 g/mol. The first kappa shape index (κ1) is 21.6. The Balaban J connectivity index is 1.92. The van der Waals surface area contributed by atoms with E-state index in [1.165, 1.54) is 12.1 Å². The van der Waals surface area contributed by atoms with Crippen molar-refractivity contribution in [1.82, 2.24) is 10.7 Å². The zero-order chi connectivity index (χ0) is 20.4. The van der Waals surface area contributed by atoms with Gasteiger partial charge in [-0.05, 0) is 60.6 Å². The van der Waals surface area contributed by atoms with Crippen molar-refractivity contribution in [3.05, 3.63) is 59.4 Å². The molecule has 2 rings (SSSR count). The van der Waals surface area contributed by atoms with Gasteiger partial charge in [0.15, 0.2) is 16.6 Å². The quantitative estimate of drug-likeness (QED) is 0.379. The minimum absolute atomic E-state index is 0.0813. The van der Waals surface area contributed by atoms with Crippen LogP contribution in [-0.2, 0) is 11.3 Å². The molecule has 0 aliphatic carbocycles. The fourth-order valence-corrected chi connectivity index (χ4v) is 2.59. The molecule has 150 valence electrons. The first-order valence-corrected chi connectivity index (χ1v) is 9.06. The third-order valence-electron chi connectivity index (χ3n) is 3.67. The van der Waals surface area contributed by atoms with Crippen molar-refractivity contribution in [2.45, 2.75) is 19.6 Å². The number of hydrogen-bond donors (Lipinski definition) is 2. The van der Waals surface area contributed by atoms with Gasteiger partial charge in [-0.25, -0.2) is 4.39 Å². The first-order valence-electron chi connectivity index (χ1n) is 8.65. The highest BCUT2D eigenvalue weighted by Gasteiger charge is 2.06. The van der Waals surface area contributed by atoms with Crippen LogP contribution < -0.4 is 20.2 Å². The van der Waals surface area contributed by atoms with Gasteiger partial charge in [-0.2, -0.15) is 5.10 Å². The van der Waals surface area contributed by atoms with Gasteiger partial charge < -0.3 is 19.5 Å². The van der Waals surface area contributed by atoms with E-state index in [0.717, 1.165) is 11.1 Å². The standard InChI is InChI=1S/C20H24FN3O3S/c1-14(12-25-2)23-20(28)24-22-11-16-6-9-18(19(10-16)26-3)27-13-15-4-7-17(21)8-5-15/h4-11,14H,12-13H2,1-3H3,(H2,23,24,28)/b22-11-/t14-/m1/s1. The Morgan fingerprint density at radius 3 is 2.61 bits per heavy atom. The predicted octanol–water partition coefficient (Wildman–Crippen LogP) is 3.25. The van der Waals surface area contributed by atoms with Crippen LogP contribution in [0.4, 0.5) is 4.39 Å². The summed E-state index contributed by atoms with van der Waals surface area (Å²) >= 11 is 5.16. The Hall–Kier alpha value is -2.71. The fraction of sp³-hybridized carbons (Fsp3) is 0.300. The molecule has 0 bridgehead atoms. The largest absolute Gasteiger partial charge is 0.493 e. The van der Waals surface area contributed by atoms with Gasteiger partial charge in [0.25, 0.3) is 0 Å². The van der Waals surface area contributed by atoms with E-state index in [4.69, 9.17) is 26.4 Å². The Labute approximate surface area is 169 Å². The van der Waals surface area contributed by atoms with Crippen molar-refractivity contribution < 1.29 is 18.6 Å². The van der Waals surface area contributed by atoms with E-state index in [1.807, 2.05) is 13.0 Å². The number of ether oxygens (including phenoxy) is 3. The summed E-state index contributed by atoms with van der Waals surface area (Å²) in [7, 11) is 3.20. The van der Waals surface area contributed by atoms with Crippen molar-refractivity contribution in [1.29, 1.82) is 0 Å². The summed E-state index contributed by atoms with van der Waals surface area (Å²) in [5.74, 6) is 0.879. The van der Waals surface area contributed by atoms with Crippen LogP contribution in [0.25, 0.3) is 0 Å². The molecule has 8 heteroatoms. The minimum Gasteiger partial charge on any atom is -0.493 e. The van der Waals surface area contributed by atoms with E-state index < -0.39 is 0 Å². The van der Waals surface area contributed by atoms with Crippen molar-refractivity contribution in [3.8, 4) is 11.5 Å². The molecule has 0 aromatic heterocycles. The smallest absolute Gasteiger partial charge is 0.187 e. The summed E-state index contributed by atoms with van der Waals surface area (Å²) in [5.41, 5.74) is 4.43. The number of halogens is 1. The molecule has 0 radical (unpaired) electrons. The molecule has 0 saturated carbocycles. The Kier molecular flexibility index (Phi) is 8.64. The molecular formula is C20H24FN3O3S. The molecule has 28 heavy (non-hydrogen) atoms. The number of thiocarbonyl (C=S) groups is 1. The molecule has 0 unspecified atom stereocenters. The average Bonchev–Trinajstić information content (AvgIpc) is 2.68. The zero-order valence-corrected chi connectivity index (χ0v) is 16.9. The maximum absolute atomic E-state index is 13.0. The van der Waals surface area contributed by atoms with E-state index in [0.29, 0.717) is 29.8 Å². The highest BCUT2D eigenvalue weighted by Crippen LogP contribution is 2.28. The normalized spacial score (nSPS) is 11.9. The van der Waals surface area contributed by atoms with Crippen LogP contribution in [0.5, 0.6) is 11.5 Å². The summed E-state index contributed by atoms with van der Waals surface area (Å²) in [6, 6.07) is 11.7. The highest BCUT2D eigenvalue weighted by atomic mass is 32.1. The second-order valence-corrected chi connectivity index (χ2v) is 6.43. The van der Waals surface area contributed by atoms with Crippen molar-refractivity contribution >= 4 is 23.5 Å². The van der Waals surface area contributed by atoms with Gasteiger partial charge in [0, 0.05) is 13.2 Å². The highest BCUT2D eigenvalue weighted by molar-refractivity contribution is 7.80. The SMILES string of the molecule is COC[C@@H](C)NC(=S)N/N=C\c1ccc(OCc2ccc(F)cc2)c(OC)c1. The minimum atomic E-state index is -0.276. The third kappa shape index (κ3) is 7.13. The van der Waals surface area contributed by atoms with Crippen molar-refractivity contribution in [2.75, 3.05) is 20.8 Å². The molecule has 2 aromatic rings. The summed E-state index contributed by atoms with van der Waals surface area (Å²) in [5, 5.41) is 7.57. The molecule has 0 aliphatic heterocycles. The number of hydrogen-bond acceptors (Lipinski definition) is 5. The van der Waals surface area contributed by atoms with Crippen molar-refractivity contribution in [3.63, 3.8) is 0 Å². The molecule has 0 fully saturated rings. The predicted molar refractivity (Wildman–Crippen MR) is 112 cm³/mol. The lowest BCUT2D eigenvalue weighted by Gasteiger charge is -2.14. The van der Waals surface area contributed by atoms with Crippen LogP contribution >= 0.6 is 12.2 Å². The lowest BCUT2D eigenvalue weighted by molar-refractivity contribution is 0.179. The van der Waals surface area contributed by atoms with Crippen LogP contribution in [0, 0.1) is 5.82 Å². The first-order chi connectivity index (χ1) is 13.5. The topological polar surface area (TPSA) is 64.1 Å². The lowest BCUT2D eigenvalue weighted by atomic mass is 10.2. The van der Waals surface area contributed by atoms with E-state index in [9.17, 15) is 4.39 Å². The number of nitrogens with one attached hydrogen (secondary N) is 2. The number of rotatable bonds is 9. The van der Waals surface area contributed by atoms with Crippen LogP contribution in [0.2, 0.25) is 0 Å². The van der Waals surface area contributed by atoms with Gasteiger partial charge in [-0.3, -0.25) is 5.43 Å². The van der Waals surface area contributed by atoms with Gasteiger partial charge in [-0.1, -0.05) is 12.1 Å². The van der Waals surface area contributed by atoms with E-state index >= 15 is 0 Å². The maximum atomic E-state index is 13.0.